The van der Waals surface area contributed by atoms with Crippen molar-refractivity contribution < 1.29 is 24.8 Å². The third-order valence-corrected chi connectivity index (χ3v) is 7.10. The second-order valence-corrected chi connectivity index (χ2v) is 9.74. The third kappa shape index (κ3) is 4.99. The number of hydrogen-bond acceptors (Lipinski definition) is 7. The largest absolute Gasteiger partial charge is 0.464 e. The summed E-state index contributed by atoms with van der Waals surface area (Å²) in [6.07, 6.45) is -0.235. The topological polar surface area (TPSA) is 79.2 Å². The first kappa shape index (κ1) is 22.0. The van der Waals surface area contributed by atoms with Crippen LogP contribution in [0.1, 0.15) is 22.8 Å². The van der Waals surface area contributed by atoms with E-state index in [-0.39, 0.29) is 0 Å². The minimum Gasteiger partial charge on any atom is -0.464 e. The van der Waals surface area contributed by atoms with Crippen molar-refractivity contribution in [2.45, 2.75) is 36.3 Å². The van der Waals surface area contributed by atoms with Gasteiger partial charge in [0.25, 0.3) is 0 Å². The molecule has 2 fully saturated rings. The van der Waals surface area contributed by atoms with Gasteiger partial charge >= 0.3 is 0 Å². The van der Waals surface area contributed by atoms with Gasteiger partial charge in [-0.1, -0.05) is 35.9 Å². The Balaban J connectivity index is 1.51. The Morgan fingerprint density at radius 3 is 2.53 bits per heavy atom. The van der Waals surface area contributed by atoms with Crippen LogP contribution in [-0.2, 0) is 11.2 Å². The van der Waals surface area contributed by atoms with Crippen LogP contribution in [0.3, 0.4) is 0 Å². The van der Waals surface area contributed by atoms with E-state index >= 15 is 0 Å². The van der Waals surface area contributed by atoms with Gasteiger partial charge in [0.05, 0.1) is 0 Å². The number of aliphatic hydroxyl groups is 3. The van der Waals surface area contributed by atoms with Crippen molar-refractivity contribution in [2.24, 2.45) is 0 Å². The maximum absolute atomic E-state index is 10.5. The van der Waals surface area contributed by atoms with Crippen LogP contribution < -0.4 is 4.74 Å². The molecule has 160 valence electrons. The van der Waals surface area contributed by atoms with Crippen LogP contribution in [0.5, 0.6) is 5.75 Å². The van der Waals surface area contributed by atoms with E-state index < -0.39 is 29.9 Å². The molecule has 0 aromatic heterocycles. The molecule has 2 aliphatic rings. The smallest absolute Gasteiger partial charge is 0.132 e. The molecule has 5 atom stereocenters. The fraction of sp³-hybridized carbons (Fsp3) is 0.364. The minimum atomic E-state index is -1.28. The highest BCUT2D eigenvalue weighted by Gasteiger charge is 2.44. The predicted molar refractivity (Wildman–Crippen MR) is 121 cm³/mol. The summed E-state index contributed by atoms with van der Waals surface area (Å²) in [5.74, 6) is 1.83. The average Bonchev–Trinajstić information content (AvgIpc) is 3.58. The number of rotatable bonds is 6. The van der Waals surface area contributed by atoms with Crippen LogP contribution in [0.4, 0.5) is 0 Å². The summed E-state index contributed by atoms with van der Waals surface area (Å²) in [5, 5.41) is 31.3. The summed E-state index contributed by atoms with van der Waals surface area (Å²) in [6, 6.07) is 13.3. The Bertz CT molecular complexity index is 912. The van der Waals surface area contributed by atoms with Crippen LogP contribution in [0.15, 0.2) is 53.6 Å². The van der Waals surface area contributed by atoms with Gasteiger partial charge in [0.2, 0.25) is 0 Å². The number of hydrogen-bond donors (Lipinski definition) is 3. The van der Waals surface area contributed by atoms with Gasteiger partial charge in [0.15, 0.2) is 0 Å². The summed E-state index contributed by atoms with van der Waals surface area (Å²) in [4.78, 5) is 1.25. The Labute approximate surface area is 189 Å². The molecular weight excluding hydrogens is 444 g/mol. The first-order valence-corrected chi connectivity index (χ1v) is 12.2. The molecule has 0 spiro atoms. The first-order chi connectivity index (χ1) is 14.5. The van der Waals surface area contributed by atoms with Crippen molar-refractivity contribution in [3.05, 3.63) is 75.3 Å². The lowest BCUT2D eigenvalue weighted by atomic mass is 9.92. The number of thioether (sulfide) groups is 2. The molecule has 0 saturated carbocycles. The summed E-state index contributed by atoms with van der Waals surface area (Å²) < 4.78 is 11.5. The molecule has 0 radical (unpaired) electrons. The van der Waals surface area contributed by atoms with Crippen molar-refractivity contribution in [2.75, 3.05) is 12.0 Å². The van der Waals surface area contributed by atoms with Crippen molar-refractivity contribution >= 4 is 35.1 Å². The zero-order valence-electron chi connectivity index (χ0n) is 16.3. The Hall–Kier alpha value is -1.19. The molecule has 0 amide bonds. The van der Waals surface area contributed by atoms with Gasteiger partial charge in [0.1, 0.15) is 41.9 Å². The fourth-order valence-electron chi connectivity index (χ4n) is 3.37. The monoisotopic (exact) mass is 466 g/mol. The standard InChI is InChI=1S/C22H23ClO5S2/c1-29-22-20(26)18(24)19(25)21(28-22)13-4-7-17(23)14(9-13)8-12-2-5-15(6-3-12)27-10-16-11-30-16/h2-7,9-10,18-22,24-26H,8,11H2,1H3. The summed E-state index contributed by atoms with van der Waals surface area (Å²) in [7, 11) is 0. The highest BCUT2D eigenvalue weighted by Crippen LogP contribution is 2.37. The molecule has 2 aliphatic heterocycles. The zero-order chi connectivity index (χ0) is 21.3. The molecule has 5 nitrogen and oxygen atoms in total. The van der Waals surface area contributed by atoms with E-state index in [1.165, 1.54) is 16.7 Å². The number of aliphatic hydroxyl groups excluding tert-OH is 3. The van der Waals surface area contributed by atoms with Gasteiger partial charge in [-0.2, -0.15) is 0 Å². The van der Waals surface area contributed by atoms with Crippen LogP contribution in [0, 0.1) is 0 Å². The number of benzene rings is 2. The minimum absolute atomic E-state index is 0.601. The Morgan fingerprint density at radius 2 is 1.87 bits per heavy atom. The van der Waals surface area contributed by atoms with Gasteiger partial charge in [-0.3, -0.25) is 0 Å². The normalized spacial score (nSPS) is 29.8. The van der Waals surface area contributed by atoms with E-state index in [1.54, 1.807) is 36.4 Å². The molecule has 5 unspecified atom stereocenters. The molecule has 30 heavy (non-hydrogen) atoms. The predicted octanol–water partition coefficient (Wildman–Crippen LogP) is 3.74. The SMILES string of the molecule is CSC1OC(c2ccc(Cl)c(Cc3ccc(OC=C4CS4)cc3)c2)C(O)C(O)C1O. The van der Waals surface area contributed by atoms with Crippen molar-refractivity contribution in [3.63, 3.8) is 0 Å². The maximum atomic E-state index is 10.5. The molecule has 2 saturated heterocycles. The van der Waals surface area contributed by atoms with Crippen molar-refractivity contribution in [3.8, 4) is 5.75 Å². The van der Waals surface area contributed by atoms with Gasteiger partial charge in [0, 0.05) is 15.7 Å². The van der Waals surface area contributed by atoms with Crippen LogP contribution in [-0.4, -0.2) is 51.1 Å². The van der Waals surface area contributed by atoms with Crippen LogP contribution in [0.25, 0.3) is 0 Å². The Morgan fingerprint density at radius 1 is 1.13 bits per heavy atom. The van der Waals surface area contributed by atoms with Crippen LogP contribution in [0.2, 0.25) is 5.02 Å². The lowest BCUT2D eigenvalue weighted by Gasteiger charge is -2.40. The molecule has 4 rings (SSSR count). The van der Waals surface area contributed by atoms with Crippen molar-refractivity contribution in [1.82, 2.24) is 0 Å². The van der Waals surface area contributed by atoms with E-state index in [4.69, 9.17) is 21.1 Å². The van der Waals surface area contributed by atoms with Gasteiger partial charge in [-0.15, -0.1) is 23.5 Å². The van der Waals surface area contributed by atoms with Gasteiger partial charge in [-0.05, 0) is 47.6 Å². The quantitative estimate of drug-likeness (QED) is 0.442. The highest BCUT2D eigenvalue weighted by molar-refractivity contribution is 8.11. The summed E-state index contributed by atoms with van der Waals surface area (Å²) in [5.41, 5.74) is 2.04. The van der Waals surface area contributed by atoms with E-state index in [1.807, 2.05) is 30.3 Å². The summed E-state index contributed by atoms with van der Waals surface area (Å²) >= 11 is 9.48. The molecule has 0 bridgehead atoms. The Kier molecular flexibility index (Phi) is 6.99. The van der Waals surface area contributed by atoms with Crippen LogP contribution >= 0.6 is 35.1 Å². The first-order valence-electron chi connectivity index (χ1n) is 9.54. The molecular formula is C22H23ClO5S2. The summed E-state index contributed by atoms with van der Waals surface area (Å²) in [6.45, 7) is 0. The lowest BCUT2D eigenvalue weighted by Crippen LogP contribution is -2.52. The zero-order valence-corrected chi connectivity index (χ0v) is 18.7. The molecule has 8 heteroatoms. The van der Waals surface area contributed by atoms with E-state index in [0.29, 0.717) is 17.0 Å². The average molecular weight is 467 g/mol. The molecule has 2 heterocycles. The van der Waals surface area contributed by atoms with Gasteiger partial charge in [-0.25, -0.2) is 0 Å². The lowest BCUT2D eigenvalue weighted by molar-refractivity contribution is -0.200. The van der Waals surface area contributed by atoms with Crippen molar-refractivity contribution in [1.29, 1.82) is 0 Å². The van der Waals surface area contributed by atoms with E-state index in [0.717, 1.165) is 22.6 Å². The second-order valence-electron chi connectivity index (χ2n) is 7.29. The molecule has 0 aliphatic carbocycles. The second kappa shape index (κ2) is 9.53. The highest BCUT2D eigenvalue weighted by atomic mass is 35.5. The molecule has 2 aromatic rings. The van der Waals surface area contributed by atoms with E-state index in [2.05, 4.69) is 0 Å². The number of ether oxygens (including phenoxy) is 2. The molecule has 2 aromatic carbocycles. The van der Waals surface area contributed by atoms with E-state index in [9.17, 15) is 15.3 Å². The fourth-order valence-corrected chi connectivity index (χ4v) is 4.50. The van der Waals surface area contributed by atoms with Gasteiger partial charge < -0.3 is 24.8 Å². The molecule has 3 N–H and O–H groups in total. The number of halogens is 1. The maximum Gasteiger partial charge on any atom is 0.132 e. The third-order valence-electron chi connectivity index (χ3n) is 5.16.